The largest absolute Gasteiger partial charge is 2.00 e. The van der Waals surface area contributed by atoms with Crippen molar-refractivity contribution in [3.8, 4) is 0 Å². The van der Waals surface area contributed by atoms with Crippen molar-refractivity contribution in [3.05, 3.63) is 260 Å². The van der Waals surface area contributed by atoms with Crippen LogP contribution >= 0.6 is 0 Å². The van der Waals surface area contributed by atoms with Crippen LogP contribution in [0.5, 0.6) is 0 Å². The third-order valence-corrected chi connectivity index (χ3v) is 4.74. The number of nitrogens with one attached hydrogen (secondary N) is 2. The maximum absolute atomic E-state index is 7.00. The molecule has 0 saturated carbocycles. The first-order valence-corrected chi connectivity index (χ1v) is 21.1. The van der Waals surface area contributed by atoms with Crippen LogP contribution in [-0.4, -0.2) is 34.4 Å². The molecule has 2 heterocycles. The Morgan fingerprint density at radius 1 is 0.260 bits per heavy atom. The summed E-state index contributed by atoms with van der Waals surface area (Å²) in [4.78, 5) is 5.72. The molecule has 0 spiro atoms. The molecule has 428 valence electrons. The predicted molar refractivity (Wildman–Crippen MR) is 336 cm³/mol. The van der Waals surface area contributed by atoms with Gasteiger partial charge in [-0.25, -0.2) is 0 Å². The van der Waals surface area contributed by atoms with Crippen LogP contribution in [0.4, 0.5) is 0 Å². The molecule has 2 aromatic heterocycles. The Hall–Kier alpha value is -2.67. The summed E-state index contributed by atoms with van der Waals surface area (Å²) in [6.45, 7) is 68.9. The zero-order valence-electron chi connectivity index (χ0n) is 53.3. The fourth-order valence-corrected chi connectivity index (χ4v) is 4.01. The van der Waals surface area contributed by atoms with Gasteiger partial charge in [0, 0.05) is 58.5 Å². The Labute approximate surface area is 513 Å². The number of hydrogen-bond acceptors (Lipinski definition) is 2. The van der Waals surface area contributed by atoms with Crippen LogP contribution in [0.15, 0.2) is 216 Å². The monoisotopic (exact) mass is 1330 g/mol. The quantitative estimate of drug-likeness (QED) is 0.127. The Kier molecular flexibility index (Phi) is 179. The summed E-state index contributed by atoms with van der Waals surface area (Å²) in [5.41, 5.74) is 17.1. The fraction of sp³-hybridized carbons (Fsp3) is 0.354. The number of aromatic nitrogens is 2. The molecule has 0 aliphatic rings. The van der Waals surface area contributed by atoms with Gasteiger partial charge < -0.3 is 64.7 Å². The first kappa shape index (κ1) is 128. The van der Waals surface area contributed by atoms with Gasteiger partial charge in [-0.15, -0.1) is 0 Å². The number of aliphatic hydroxyl groups excluding tert-OH is 2. The van der Waals surface area contributed by atoms with Crippen molar-refractivity contribution >= 4 is 0 Å². The van der Waals surface area contributed by atoms with Crippen LogP contribution in [0.2, 0.25) is 0 Å². The molecular weight excluding hydrogens is 1210 g/mol. The second-order valence-electron chi connectivity index (χ2n) is 16.2. The van der Waals surface area contributed by atoms with Crippen molar-refractivity contribution in [1.82, 2.24) is 9.97 Å². The summed E-state index contributed by atoms with van der Waals surface area (Å²) in [6, 6.07) is 7.78. The summed E-state index contributed by atoms with van der Waals surface area (Å²) >= 11 is 0. The second kappa shape index (κ2) is 102. The van der Waals surface area contributed by atoms with Crippen molar-refractivity contribution < 1.29 is 88.1 Å². The molecular formula is C65H120N2O2Ru3Zn. The first-order valence-electron chi connectivity index (χ1n) is 21.1. The first-order chi connectivity index (χ1) is 28.9. The molecule has 0 aliphatic heterocycles. The molecule has 0 aromatic carbocycles. The minimum atomic E-state index is 0. The Morgan fingerprint density at radius 3 is 0.356 bits per heavy atom. The van der Waals surface area contributed by atoms with Gasteiger partial charge in [-0.3, -0.25) is 0 Å². The maximum Gasteiger partial charge on any atom is 2.00 e. The van der Waals surface area contributed by atoms with Crippen molar-refractivity contribution in [2.45, 2.75) is 145 Å². The van der Waals surface area contributed by atoms with Crippen LogP contribution in [-0.2, 0) is 77.9 Å². The number of aromatic amines is 2. The van der Waals surface area contributed by atoms with Gasteiger partial charge in [0.2, 0.25) is 0 Å². The van der Waals surface area contributed by atoms with Gasteiger partial charge in [-0.05, 0) is 170 Å². The molecule has 0 bridgehead atoms. The van der Waals surface area contributed by atoms with Crippen molar-refractivity contribution in [2.75, 3.05) is 14.2 Å². The second-order valence-corrected chi connectivity index (χ2v) is 16.2. The minimum Gasteiger partial charge on any atom is -0.400 e. The van der Waals surface area contributed by atoms with Gasteiger partial charge in [0.1, 0.15) is 0 Å². The topological polar surface area (TPSA) is 72.0 Å². The third kappa shape index (κ3) is 252. The molecule has 0 unspecified atom stereocenters. The van der Waals surface area contributed by atoms with Gasteiger partial charge >= 0.3 is 58.4 Å². The number of aliphatic hydroxyl groups is 2. The summed E-state index contributed by atoms with van der Waals surface area (Å²) in [7, 11) is 2.00. The van der Waals surface area contributed by atoms with Gasteiger partial charge in [-0.2, -0.15) is 0 Å². The number of hydrogen-bond donors (Lipinski definition) is 4. The summed E-state index contributed by atoms with van der Waals surface area (Å²) in [6.07, 6.45) is 21.9. The van der Waals surface area contributed by atoms with E-state index < -0.39 is 0 Å². The van der Waals surface area contributed by atoms with Crippen LogP contribution in [0.3, 0.4) is 0 Å². The number of allylic oxidation sites excluding steroid dienone is 21. The molecule has 0 atom stereocenters. The molecule has 0 fully saturated rings. The molecule has 4 N–H and O–H groups in total. The molecule has 0 aliphatic carbocycles. The van der Waals surface area contributed by atoms with E-state index in [4.69, 9.17) is 10.2 Å². The number of H-pyrrole nitrogens is 2. The average molecular weight is 1330 g/mol. The van der Waals surface area contributed by atoms with Crippen LogP contribution < -0.4 is 0 Å². The summed E-state index contributed by atoms with van der Waals surface area (Å²) in [5.74, 6) is 0. The predicted octanol–water partition coefficient (Wildman–Crippen LogP) is 21.6. The minimum absolute atomic E-state index is 0. The summed E-state index contributed by atoms with van der Waals surface area (Å²) < 4.78 is 0. The van der Waals surface area contributed by atoms with E-state index in [1.165, 1.54) is 39.0 Å². The fourth-order valence-electron chi connectivity index (χ4n) is 4.01. The number of rotatable bonds is 7. The standard InChI is InChI=1S/7C7H12.2C4H5N.2CH4O.6CH3.3Ru.Zn/c7*1-6(2)5-7(3)4;2*1-2-4-5-3-1;2*1-2;;;;;;;;;;/h7*5H,1H2,2-4H3;2*1-5H;2*2H,1H3;6*1H3;;;;/q;;;;;;;;;;;6*-1;3*+2;. The van der Waals surface area contributed by atoms with Gasteiger partial charge in [0.25, 0.3) is 0 Å². The van der Waals surface area contributed by atoms with E-state index in [9.17, 15) is 0 Å². The molecule has 4 nitrogen and oxygen atoms in total. The zero-order valence-corrected chi connectivity index (χ0v) is 61.5. The van der Waals surface area contributed by atoms with Crippen molar-refractivity contribution in [3.63, 3.8) is 0 Å². The zero-order chi connectivity index (χ0) is 52.1. The van der Waals surface area contributed by atoms with Gasteiger partial charge in [-0.1, -0.05) is 167 Å². The molecule has 8 heteroatoms. The van der Waals surface area contributed by atoms with E-state index in [2.05, 4.69) is 195 Å². The van der Waals surface area contributed by atoms with E-state index in [0.717, 1.165) is 53.2 Å². The molecule has 0 amide bonds. The van der Waals surface area contributed by atoms with E-state index in [1.54, 1.807) is 0 Å². The Morgan fingerprint density at radius 2 is 0.342 bits per heavy atom. The van der Waals surface area contributed by atoms with Crippen LogP contribution in [0, 0.1) is 44.6 Å². The molecule has 2 rings (SSSR count). The maximum atomic E-state index is 7.00. The molecule has 0 saturated heterocycles. The van der Waals surface area contributed by atoms with Crippen molar-refractivity contribution in [1.29, 1.82) is 0 Å². The van der Waals surface area contributed by atoms with Gasteiger partial charge in [0.05, 0.1) is 0 Å². The van der Waals surface area contributed by atoms with Crippen molar-refractivity contribution in [2.24, 2.45) is 0 Å². The smallest absolute Gasteiger partial charge is 0.400 e. The van der Waals surface area contributed by atoms with E-state index in [1.807, 2.05) is 97.5 Å². The van der Waals surface area contributed by atoms with Gasteiger partial charge in [0.15, 0.2) is 0 Å². The van der Waals surface area contributed by atoms with E-state index in [0.29, 0.717) is 0 Å². The SMILES string of the molecule is C=C(C)C=C(C)C.C=C(C)C=C(C)C.C=C(C)C=C(C)C.C=C(C)C=C(C)C.C=C(C)C=C(C)C.C=C(C)C=C(C)C.C=C(C)C=C(C)C.CO.CO.[CH3-].[CH3-].[CH3-].[CH3-].[CH3-].[CH3-].[Ru+2].[Ru+2].[Ru+2].[Zn].c1cc[nH]c1.c1cc[nH]c1. The summed E-state index contributed by atoms with van der Waals surface area (Å²) in [5, 5.41) is 14.0. The normalized spacial score (nSPS) is 6.53. The Bertz CT molecular complexity index is 1300. The van der Waals surface area contributed by atoms with E-state index >= 15 is 0 Å². The molecule has 2 aromatic rings. The Balaban J connectivity index is -0.0000000258. The van der Waals surface area contributed by atoms with E-state index in [-0.39, 0.29) is 122 Å². The van der Waals surface area contributed by atoms with Crippen LogP contribution in [0.1, 0.15) is 145 Å². The molecule has 73 heavy (non-hydrogen) atoms. The molecule has 0 radical (unpaired) electrons. The third-order valence-electron chi connectivity index (χ3n) is 4.74. The average Bonchev–Trinajstić information content (AvgIpc) is 3.85. The van der Waals surface area contributed by atoms with Crippen LogP contribution in [0.25, 0.3) is 0 Å².